The SMILES string of the molecule is CC(=O)ON=C(N)c1ccc(C(=O)N2CCN(C(=O)[C@@H]3CCCN3S(=O)(=O)c3ccc(Cl)c(COc4cccn5c(Cl)c(C)nc45)c3Cl)CC2)cc1. The maximum atomic E-state index is 14.1. The van der Waals surface area contributed by atoms with Gasteiger partial charge in [0.05, 0.1) is 10.7 Å². The van der Waals surface area contributed by atoms with Crippen molar-refractivity contribution in [1.82, 2.24) is 23.5 Å². The first-order valence-corrected chi connectivity index (χ1v) is 18.8. The van der Waals surface area contributed by atoms with Crippen LogP contribution in [0.25, 0.3) is 5.65 Å². The highest BCUT2D eigenvalue weighted by Crippen LogP contribution is 2.37. The fraction of sp³-hybridized carbons (Fsp3) is 0.324. The molecule has 2 N–H and O–H groups in total. The molecule has 4 aromatic rings. The molecule has 52 heavy (non-hydrogen) atoms. The molecule has 4 heterocycles. The number of halogens is 3. The van der Waals surface area contributed by atoms with Crippen molar-refractivity contribution in [3.8, 4) is 5.75 Å². The molecule has 0 aliphatic carbocycles. The monoisotopic (exact) mass is 789 g/mol. The second-order valence-electron chi connectivity index (χ2n) is 12.2. The minimum absolute atomic E-state index is 0.0159. The highest BCUT2D eigenvalue weighted by Gasteiger charge is 2.43. The quantitative estimate of drug-likeness (QED) is 0.111. The summed E-state index contributed by atoms with van der Waals surface area (Å²) in [5.41, 5.74) is 8.06. The molecule has 274 valence electrons. The average molecular weight is 791 g/mol. The number of carbonyl (C=O) groups is 3. The van der Waals surface area contributed by atoms with E-state index in [1.165, 1.54) is 23.4 Å². The average Bonchev–Trinajstić information content (AvgIpc) is 3.75. The smallest absolute Gasteiger partial charge is 0.332 e. The van der Waals surface area contributed by atoms with Gasteiger partial charge in [-0.1, -0.05) is 52.1 Å². The summed E-state index contributed by atoms with van der Waals surface area (Å²) in [5, 5.41) is 4.09. The van der Waals surface area contributed by atoms with E-state index in [0.29, 0.717) is 46.2 Å². The first kappa shape index (κ1) is 37.4. The third-order valence-electron chi connectivity index (χ3n) is 8.89. The Morgan fingerprint density at radius 1 is 0.962 bits per heavy atom. The number of nitrogens with two attached hydrogens (primary N) is 1. The van der Waals surface area contributed by atoms with Crippen molar-refractivity contribution in [2.75, 3.05) is 32.7 Å². The Hall–Kier alpha value is -4.41. The van der Waals surface area contributed by atoms with Gasteiger partial charge in [-0.25, -0.2) is 18.2 Å². The van der Waals surface area contributed by atoms with Gasteiger partial charge in [0, 0.05) is 67.6 Å². The van der Waals surface area contributed by atoms with E-state index < -0.39 is 22.0 Å². The van der Waals surface area contributed by atoms with E-state index in [9.17, 15) is 22.8 Å². The summed E-state index contributed by atoms with van der Waals surface area (Å²) in [6, 6.07) is 11.6. The number of imidazole rings is 1. The number of oxime groups is 1. The van der Waals surface area contributed by atoms with Crippen LogP contribution in [0.3, 0.4) is 0 Å². The lowest BCUT2D eigenvalue weighted by atomic mass is 10.1. The summed E-state index contributed by atoms with van der Waals surface area (Å²) in [6.45, 7) is 3.92. The number of amides is 2. The molecule has 0 radical (unpaired) electrons. The summed E-state index contributed by atoms with van der Waals surface area (Å²) < 4.78 is 37.1. The Bertz CT molecular complexity index is 2190. The lowest BCUT2D eigenvalue weighted by molar-refractivity contribution is -0.141. The third kappa shape index (κ3) is 7.41. The normalized spacial score (nSPS) is 17.1. The molecule has 2 aromatic carbocycles. The van der Waals surface area contributed by atoms with Crippen molar-refractivity contribution in [3.63, 3.8) is 0 Å². The molecule has 14 nitrogen and oxygen atoms in total. The molecule has 1 atom stereocenters. The number of piperazine rings is 1. The van der Waals surface area contributed by atoms with Crippen molar-refractivity contribution < 1.29 is 32.4 Å². The molecule has 2 aromatic heterocycles. The Kier molecular flexibility index (Phi) is 11.0. The fourth-order valence-corrected chi connectivity index (χ4v) is 8.86. The van der Waals surface area contributed by atoms with E-state index >= 15 is 0 Å². The van der Waals surface area contributed by atoms with Gasteiger partial charge in [-0.3, -0.25) is 14.0 Å². The molecule has 2 aliphatic rings. The van der Waals surface area contributed by atoms with Gasteiger partial charge in [0.15, 0.2) is 17.2 Å². The number of amidine groups is 1. The molecule has 2 fully saturated rings. The molecule has 0 saturated carbocycles. The number of hydrogen-bond acceptors (Lipinski definition) is 9. The second kappa shape index (κ2) is 15.3. The van der Waals surface area contributed by atoms with Gasteiger partial charge >= 0.3 is 5.97 Å². The van der Waals surface area contributed by atoms with Crippen LogP contribution in [0, 0.1) is 6.92 Å². The maximum absolute atomic E-state index is 14.1. The van der Waals surface area contributed by atoms with Crippen molar-refractivity contribution >= 4 is 74.1 Å². The van der Waals surface area contributed by atoms with Gasteiger partial charge < -0.3 is 25.1 Å². The Balaban J connectivity index is 1.11. The molecule has 0 unspecified atom stereocenters. The van der Waals surface area contributed by atoms with Crippen LogP contribution in [0.2, 0.25) is 15.2 Å². The minimum Gasteiger partial charge on any atom is -0.485 e. The maximum Gasteiger partial charge on any atom is 0.332 e. The van der Waals surface area contributed by atoms with Gasteiger partial charge in [0.1, 0.15) is 22.7 Å². The number of ether oxygens (including phenoxy) is 1. The zero-order valence-corrected chi connectivity index (χ0v) is 31.2. The van der Waals surface area contributed by atoms with Crippen LogP contribution in [0.4, 0.5) is 0 Å². The van der Waals surface area contributed by atoms with Crippen LogP contribution in [-0.4, -0.2) is 94.3 Å². The first-order valence-electron chi connectivity index (χ1n) is 16.2. The van der Waals surface area contributed by atoms with E-state index in [4.69, 9.17) is 45.3 Å². The zero-order chi connectivity index (χ0) is 37.3. The van der Waals surface area contributed by atoms with Crippen molar-refractivity contribution in [1.29, 1.82) is 0 Å². The molecule has 0 spiro atoms. The Labute approximate surface area is 314 Å². The lowest BCUT2D eigenvalue weighted by Gasteiger charge is -2.37. The molecular weight excluding hydrogens is 757 g/mol. The Morgan fingerprint density at radius 3 is 2.33 bits per heavy atom. The van der Waals surface area contributed by atoms with Crippen molar-refractivity contribution in [2.45, 2.75) is 44.2 Å². The van der Waals surface area contributed by atoms with E-state index in [0.717, 1.165) is 0 Å². The van der Waals surface area contributed by atoms with Gasteiger partial charge in [0.25, 0.3) is 5.91 Å². The lowest BCUT2D eigenvalue weighted by Crippen LogP contribution is -2.55. The minimum atomic E-state index is -4.24. The van der Waals surface area contributed by atoms with Crippen molar-refractivity contribution in [3.05, 3.63) is 92.3 Å². The number of aromatic nitrogens is 2. The van der Waals surface area contributed by atoms with Crippen molar-refractivity contribution in [2.24, 2.45) is 10.9 Å². The van der Waals surface area contributed by atoms with Crippen LogP contribution in [0.15, 0.2) is 64.8 Å². The van der Waals surface area contributed by atoms with Gasteiger partial charge in [-0.05, 0) is 56.2 Å². The molecule has 2 saturated heterocycles. The van der Waals surface area contributed by atoms with Crippen LogP contribution in [0.5, 0.6) is 5.75 Å². The summed E-state index contributed by atoms with van der Waals surface area (Å²) in [5.74, 6) is -0.806. The van der Waals surface area contributed by atoms with Gasteiger partial charge in [-0.15, -0.1) is 0 Å². The van der Waals surface area contributed by atoms with Crippen LogP contribution in [-0.2, 0) is 31.1 Å². The highest BCUT2D eigenvalue weighted by atomic mass is 35.5. The summed E-state index contributed by atoms with van der Waals surface area (Å²) in [4.78, 5) is 50.0. The van der Waals surface area contributed by atoms with Gasteiger partial charge in [-0.2, -0.15) is 4.31 Å². The van der Waals surface area contributed by atoms with Crippen LogP contribution < -0.4 is 10.5 Å². The number of carbonyl (C=O) groups excluding carboxylic acids is 3. The van der Waals surface area contributed by atoms with Gasteiger partial charge in [0.2, 0.25) is 15.9 Å². The number of sulfonamides is 1. The predicted octanol–water partition coefficient (Wildman–Crippen LogP) is 4.50. The molecule has 2 aliphatic heterocycles. The second-order valence-corrected chi connectivity index (χ2v) is 15.2. The van der Waals surface area contributed by atoms with Crippen LogP contribution in [0.1, 0.15) is 46.9 Å². The third-order valence-corrected chi connectivity index (χ3v) is 12.2. The first-order chi connectivity index (χ1) is 24.8. The molecule has 18 heteroatoms. The number of fused-ring (bicyclic) bond motifs is 1. The number of nitrogens with zero attached hydrogens (tertiary/aromatic N) is 6. The number of hydrogen-bond donors (Lipinski definition) is 1. The fourth-order valence-electron chi connectivity index (χ4n) is 6.17. The number of benzene rings is 2. The van der Waals surface area contributed by atoms with Crippen LogP contribution >= 0.6 is 34.8 Å². The Morgan fingerprint density at radius 2 is 1.63 bits per heavy atom. The summed E-state index contributed by atoms with van der Waals surface area (Å²) >= 11 is 19.6. The van der Waals surface area contributed by atoms with E-state index in [2.05, 4.69) is 15.0 Å². The molecule has 0 bridgehead atoms. The summed E-state index contributed by atoms with van der Waals surface area (Å²) in [6.07, 6.45) is 2.57. The predicted molar refractivity (Wildman–Crippen MR) is 194 cm³/mol. The molecular formula is C34H34Cl3N7O7S. The number of aryl methyl sites for hydroxylation is 1. The van der Waals surface area contributed by atoms with E-state index in [1.807, 2.05) is 0 Å². The largest absolute Gasteiger partial charge is 0.485 e. The van der Waals surface area contributed by atoms with E-state index in [1.54, 1.807) is 63.7 Å². The summed E-state index contributed by atoms with van der Waals surface area (Å²) in [7, 11) is -4.24. The standard InChI is InChI=1S/C34H34Cl3N7O7S/c1-20-30(37)43-13-4-6-27(32(43)39-20)50-19-24-25(35)11-12-28(29(24)36)52(48,49)44-14-3-5-26(44)34(47)42-17-15-41(16-18-42)33(46)23-9-7-22(8-10-23)31(38)40-51-21(2)45/h4,6-13,26H,3,5,14-19H2,1-2H3,(H2,38,40)/t26-/m0/s1. The molecule has 2 amide bonds. The molecule has 6 rings (SSSR count). The topological polar surface area (TPSA) is 169 Å². The highest BCUT2D eigenvalue weighted by molar-refractivity contribution is 7.89. The van der Waals surface area contributed by atoms with E-state index in [-0.39, 0.29) is 77.5 Å². The zero-order valence-electron chi connectivity index (χ0n) is 28.1. The number of pyridine rings is 1. The number of rotatable bonds is 9.